The van der Waals surface area contributed by atoms with Crippen LogP contribution in [0.1, 0.15) is 27.8 Å². The van der Waals surface area contributed by atoms with Gasteiger partial charge in [-0.15, -0.1) is 0 Å². The molecule has 0 atom stereocenters. The second kappa shape index (κ2) is 8.62. The van der Waals surface area contributed by atoms with E-state index < -0.39 is 21.7 Å². The highest BCUT2D eigenvalue weighted by molar-refractivity contribution is 9.10. The minimum atomic E-state index is -3.88. The Morgan fingerprint density at radius 2 is 1.66 bits per heavy atom. The van der Waals surface area contributed by atoms with Crippen molar-refractivity contribution in [2.75, 3.05) is 11.9 Å². The molecule has 0 saturated heterocycles. The second-order valence-electron chi connectivity index (χ2n) is 5.83. The van der Waals surface area contributed by atoms with Gasteiger partial charge in [0, 0.05) is 10.2 Å². The number of carbonyl (C=O) groups excluding carboxylic acids is 2. The summed E-state index contributed by atoms with van der Waals surface area (Å²) in [7, 11) is -3.88. The Balaban J connectivity index is 1.74. The predicted octanol–water partition coefficient (Wildman–Crippen LogP) is 4.30. The zero-order valence-corrected chi connectivity index (χ0v) is 17.6. The van der Waals surface area contributed by atoms with Crippen molar-refractivity contribution in [1.82, 2.24) is 0 Å². The van der Waals surface area contributed by atoms with E-state index in [1.165, 1.54) is 48.5 Å². The molecule has 0 unspecified atom stereocenters. The third-order valence-electron chi connectivity index (χ3n) is 3.85. The van der Waals surface area contributed by atoms with Crippen LogP contribution in [0.15, 0.2) is 79.5 Å². The van der Waals surface area contributed by atoms with Crippen molar-refractivity contribution >= 4 is 43.3 Å². The molecule has 150 valence electrons. The van der Waals surface area contributed by atoms with Crippen molar-refractivity contribution in [2.45, 2.75) is 16.9 Å². The van der Waals surface area contributed by atoms with Gasteiger partial charge in [0.2, 0.25) is 14.9 Å². The zero-order chi connectivity index (χ0) is 21.0. The third-order valence-corrected chi connectivity index (χ3v) is 6.02. The van der Waals surface area contributed by atoms with E-state index in [2.05, 4.69) is 21.2 Å². The van der Waals surface area contributed by atoms with Crippen molar-refractivity contribution < 1.29 is 27.2 Å². The largest absolute Gasteiger partial charge is 0.462 e. The van der Waals surface area contributed by atoms with E-state index in [0.717, 1.165) is 4.47 Å². The monoisotopic (exact) mass is 477 g/mol. The van der Waals surface area contributed by atoms with Gasteiger partial charge in [-0.3, -0.25) is 4.79 Å². The van der Waals surface area contributed by atoms with E-state index in [4.69, 9.17) is 9.15 Å². The summed E-state index contributed by atoms with van der Waals surface area (Å²) in [6.45, 7) is 1.97. The van der Waals surface area contributed by atoms with Gasteiger partial charge >= 0.3 is 5.97 Å². The van der Waals surface area contributed by atoms with E-state index >= 15 is 0 Å². The SMILES string of the molecule is CCOC(=O)c1ccc(NC(=O)c2ccc(S(=O)(=O)c3ccc(Br)cc3)o2)cc1. The normalized spacial score (nSPS) is 11.1. The number of esters is 1. The van der Waals surface area contributed by atoms with Crippen LogP contribution in [0.25, 0.3) is 0 Å². The summed E-state index contributed by atoms with van der Waals surface area (Å²) in [5, 5.41) is 2.25. The van der Waals surface area contributed by atoms with E-state index in [1.807, 2.05) is 0 Å². The molecule has 0 saturated carbocycles. The topological polar surface area (TPSA) is 103 Å². The Morgan fingerprint density at radius 3 is 2.28 bits per heavy atom. The molecule has 3 rings (SSSR count). The minimum Gasteiger partial charge on any atom is -0.462 e. The lowest BCUT2D eigenvalue weighted by Crippen LogP contribution is -2.11. The Hall–Kier alpha value is -2.91. The first-order chi connectivity index (χ1) is 13.8. The number of carbonyl (C=O) groups is 2. The van der Waals surface area contributed by atoms with Gasteiger partial charge in [0.05, 0.1) is 17.1 Å². The van der Waals surface area contributed by atoms with Crippen molar-refractivity contribution in [2.24, 2.45) is 0 Å². The number of hydrogen-bond acceptors (Lipinski definition) is 6. The van der Waals surface area contributed by atoms with Crippen molar-refractivity contribution in [3.8, 4) is 0 Å². The standard InChI is InChI=1S/C20H16BrNO6S/c1-2-27-20(24)13-3-7-15(8-4-13)22-19(23)17-11-12-18(28-17)29(25,26)16-9-5-14(21)6-10-16/h3-12H,2H2,1H3,(H,22,23). The maximum absolute atomic E-state index is 12.6. The Morgan fingerprint density at radius 1 is 1.00 bits per heavy atom. The van der Waals surface area contributed by atoms with Crippen LogP contribution in [0.3, 0.4) is 0 Å². The molecule has 2 aromatic carbocycles. The molecule has 1 aromatic heterocycles. The first-order valence-electron chi connectivity index (χ1n) is 8.50. The molecule has 7 nitrogen and oxygen atoms in total. The molecule has 9 heteroatoms. The molecule has 0 aliphatic heterocycles. The molecule has 1 heterocycles. The van der Waals surface area contributed by atoms with Gasteiger partial charge in [0.15, 0.2) is 5.76 Å². The highest BCUT2D eigenvalue weighted by atomic mass is 79.9. The quantitative estimate of drug-likeness (QED) is 0.530. The predicted molar refractivity (Wildman–Crippen MR) is 109 cm³/mol. The molecule has 0 bridgehead atoms. The molecule has 0 fully saturated rings. The summed E-state index contributed by atoms with van der Waals surface area (Å²) in [6, 6.07) is 14.7. The third kappa shape index (κ3) is 4.75. The van der Waals surface area contributed by atoms with E-state index in [0.29, 0.717) is 11.3 Å². The molecule has 29 heavy (non-hydrogen) atoms. The maximum atomic E-state index is 12.6. The van der Waals surface area contributed by atoms with Gasteiger partial charge in [0.25, 0.3) is 5.91 Å². The van der Waals surface area contributed by atoms with Gasteiger partial charge in [-0.1, -0.05) is 15.9 Å². The van der Waals surface area contributed by atoms with Gasteiger partial charge in [-0.25, -0.2) is 13.2 Å². The first-order valence-corrected chi connectivity index (χ1v) is 10.8. The summed E-state index contributed by atoms with van der Waals surface area (Å²) in [5.41, 5.74) is 0.766. The Bertz CT molecular complexity index is 1130. The summed E-state index contributed by atoms with van der Waals surface area (Å²) in [4.78, 5) is 24.1. The van der Waals surface area contributed by atoms with Gasteiger partial charge in [-0.05, 0) is 67.6 Å². The van der Waals surface area contributed by atoms with Crippen LogP contribution in [0, 0.1) is 0 Å². The molecular weight excluding hydrogens is 462 g/mol. The molecule has 0 spiro atoms. The number of anilines is 1. The molecule has 3 aromatic rings. The minimum absolute atomic E-state index is 0.0524. The van der Waals surface area contributed by atoms with Crippen LogP contribution < -0.4 is 5.32 Å². The van der Waals surface area contributed by atoms with E-state index in [-0.39, 0.29) is 22.4 Å². The lowest BCUT2D eigenvalue weighted by molar-refractivity contribution is 0.0526. The number of benzene rings is 2. The molecule has 1 amide bonds. The fourth-order valence-electron chi connectivity index (χ4n) is 2.41. The van der Waals surface area contributed by atoms with Crippen LogP contribution >= 0.6 is 15.9 Å². The fourth-order valence-corrected chi connectivity index (χ4v) is 3.85. The number of furan rings is 1. The summed E-state index contributed by atoms with van der Waals surface area (Å²) >= 11 is 3.25. The summed E-state index contributed by atoms with van der Waals surface area (Å²) in [6.07, 6.45) is 0. The highest BCUT2D eigenvalue weighted by Gasteiger charge is 2.23. The highest BCUT2D eigenvalue weighted by Crippen LogP contribution is 2.25. The van der Waals surface area contributed by atoms with Gasteiger partial charge in [0.1, 0.15) is 0 Å². The average molecular weight is 478 g/mol. The number of sulfone groups is 1. The lowest BCUT2D eigenvalue weighted by Gasteiger charge is -2.05. The first kappa shape index (κ1) is 20.8. The van der Waals surface area contributed by atoms with Gasteiger partial charge < -0.3 is 14.5 Å². The molecule has 0 aliphatic carbocycles. The average Bonchev–Trinajstić information content (AvgIpc) is 3.20. The zero-order valence-electron chi connectivity index (χ0n) is 15.2. The molecule has 0 aliphatic rings. The molecular formula is C20H16BrNO6S. The van der Waals surface area contributed by atoms with Crippen LogP contribution in [0.4, 0.5) is 5.69 Å². The summed E-state index contributed by atoms with van der Waals surface area (Å²) < 4.78 is 36.1. The fraction of sp³-hybridized carbons (Fsp3) is 0.100. The lowest BCUT2D eigenvalue weighted by atomic mass is 10.2. The van der Waals surface area contributed by atoms with E-state index in [9.17, 15) is 18.0 Å². The molecule has 0 radical (unpaired) electrons. The summed E-state index contributed by atoms with van der Waals surface area (Å²) in [5.74, 6) is -1.24. The number of ether oxygens (including phenoxy) is 1. The smallest absolute Gasteiger partial charge is 0.338 e. The van der Waals surface area contributed by atoms with Crippen LogP contribution in [-0.2, 0) is 14.6 Å². The van der Waals surface area contributed by atoms with Crippen LogP contribution in [-0.4, -0.2) is 26.9 Å². The van der Waals surface area contributed by atoms with E-state index in [1.54, 1.807) is 19.1 Å². The number of hydrogen-bond donors (Lipinski definition) is 1. The Labute approximate surface area is 175 Å². The Kier molecular flexibility index (Phi) is 6.19. The number of rotatable bonds is 6. The number of nitrogens with one attached hydrogen (secondary N) is 1. The second-order valence-corrected chi connectivity index (χ2v) is 8.62. The van der Waals surface area contributed by atoms with Crippen molar-refractivity contribution in [1.29, 1.82) is 0 Å². The number of amides is 1. The van der Waals surface area contributed by atoms with Crippen LogP contribution in [0.5, 0.6) is 0 Å². The number of halogens is 1. The van der Waals surface area contributed by atoms with Gasteiger partial charge in [-0.2, -0.15) is 0 Å². The van der Waals surface area contributed by atoms with Crippen molar-refractivity contribution in [3.05, 3.63) is 76.5 Å². The van der Waals surface area contributed by atoms with Crippen LogP contribution in [0.2, 0.25) is 0 Å². The van der Waals surface area contributed by atoms with Crippen molar-refractivity contribution in [3.63, 3.8) is 0 Å². The maximum Gasteiger partial charge on any atom is 0.338 e. The molecule has 1 N–H and O–H groups in total.